The molecule has 31 heavy (non-hydrogen) atoms. The van der Waals surface area contributed by atoms with Crippen molar-refractivity contribution in [2.45, 2.75) is 50.9 Å². The molecular formula is C24H34O6S. The molecule has 1 aromatic rings. The van der Waals surface area contributed by atoms with Gasteiger partial charge in [-0.2, -0.15) is 11.8 Å². The highest BCUT2D eigenvalue weighted by atomic mass is 32.2. The van der Waals surface area contributed by atoms with Gasteiger partial charge in [-0.3, -0.25) is 9.59 Å². The van der Waals surface area contributed by atoms with E-state index in [2.05, 4.69) is 4.74 Å². The van der Waals surface area contributed by atoms with Gasteiger partial charge in [0.15, 0.2) is 0 Å². The van der Waals surface area contributed by atoms with Crippen molar-refractivity contribution in [2.24, 2.45) is 11.8 Å². The van der Waals surface area contributed by atoms with Crippen LogP contribution in [0.1, 0.15) is 36.8 Å². The van der Waals surface area contributed by atoms with Crippen molar-refractivity contribution in [3.63, 3.8) is 0 Å². The zero-order valence-electron chi connectivity index (χ0n) is 18.4. The van der Waals surface area contributed by atoms with Crippen molar-refractivity contribution in [1.29, 1.82) is 0 Å². The molecule has 0 saturated heterocycles. The quantitative estimate of drug-likeness (QED) is 0.271. The Labute approximate surface area is 189 Å². The van der Waals surface area contributed by atoms with Crippen LogP contribution in [0.25, 0.3) is 0 Å². The maximum atomic E-state index is 12.3. The first-order valence-electron chi connectivity index (χ1n) is 10.7. The number of ketones is 1. The molecule has 0 amide bonds. The highest BCUT2D eigenvalue weighted by molar-refractivity contribution is 7.99. The fourth-order valence-electron chi connectivity index (χ4n) is 3.90. The lowest BCUT2D eigenvalue weighted by molar-refractivity contribution is -0.140. The Balaban J connectivity index is 1.83. The van der Waals surface area contributed by atoms with E-state index in [0.717, 1.165) is 29.1 Å². The molecule has 0 bridgehead atoms. The van der Waals surface area contributed by atoms with Crippen molar-refractivity contribution in [3.05, 3.63) is 47.5 Å². The van der Waals surface area contributed by atoms with Gasteiger partial charge < -0.3 is 19.7 Å². The Morgan fingerprint density at radius 3 is 2.81 bits per heavy atom. The van der Waals surface area contributed by atoms with Gasteiger partial charge in [0, 0.05) is 38.2 Å². The molecule has 172 valence electrons. The summed E-state index contributed by atoms with van der Waals surface area (Å²) in [7, 11) is 3.03. The van der Waals surface area contributed by atoms with Crippen molar-refractivity contribution in [2.75, 3.05) is 25.7 Å². The first-order valence-corrected chi connectivity index (χ1v) is 11.9. The fraction of sp³-hybridized carbons (Fsp3) is 0.583. The van der Waals surface area contributed by atoms with Crippen molar-refractivity contribution in [1.82, 2.24) is 0 Å². The van der Waals surface area contributed by atoms with Crippen LogP contribution in [0.2, 0.25) is 0 Å². The van der Waals surface area contributed by atoms with Crippen LogP contribution in [-0.4, -0.2) is 59.9 Å². The van der Waals surface area contributed by atoms with Crippen LogP contribution in [-0.2, 0) is 32.1 Å². The number of benzene rings is 1. The van der Waals surface area contributed by atoms with Crippen molar-refractivity contribution >= 4 is 23.5 Å². The summed E-state index contributed by atoms with van der Waals surface area (Å²) in [6.07, 6.45) is 4.60. The lowest BCUT2D eigenvalue weighted by Gasteiger charge is -2.18. The Hall–Kier alpha value is -1.67. The Morgan fingerprint density at radius 2 is 2.06 bits per heavy atom. The van der Waals surface area contributed by atoms with Gasteiger partial charge in [-0.05, 0) is 35.5 Å². The highest BCUT2D eigenvalue weighted by Gasteiger charge is 2.39. The minimum Gasteiger partial charge on any atom is -0.469 e. The number of hydrogen-bond donors (Lipinski definition) is 2. The van der Waals surface area contributed by atoms with E-state index >= 15 is 0 Å². The number of aliphatic hydroxyl groups excluding tert-OH is 2. The maximum Gasteiger partial charge on any atom is 0.305 e. The topological polar surface area (TPSA) is 93.1 Å². The van der Waals surface area contributed by atoms with Gasteiger partial charge in [-0.25, -0.2) is 0 Å². The average Bonchev–Trinajstić information content (AvgIpc) is 3.01. The molecule has 1 fully saturated rings. The molecule has 2 N–H and O–H groups in total. The molecule has 1 unspecified atom stereocenters. The average molecular weight is 451 g/mol. The molecule has 1 aromatic carbocycles. The van der Waals surface area contributed by atoms with Gasteiger partial charge in [0.2, 0.25) is 0 Å². The first-order chi connectivity index (χ1) is 14.9. The van der Waals surface area contributed by atoms with Gasteiger partial charge in [0.05, 0.1) is 25.9 Å². The van der Waals surface area contributed by atoms with Crippen LogP contribution in [0.15, 0.2) is 36.4 Å². The predicted molar refractivity (Wildman–Crippen MR) is 122 cm³/mol. The van der Waals surface area contributed by atoms with Crippen LogP contribution in [0.3, 0.4) is 0 Å². The lowest BCUT2D eigenvalue weighted by atomic mass is 9.91. The molecule has 1 aliphatic carbocycles. The van der Waals surface area contributed by atoms with E-state index < -0.39 is 12.2 Å². The second kappa shape index (κ2) is 13.7. The third kappa shape index (κ3) is 8.77. The summed E-state index contributed by atoms with van der Waals surface area (Å²) < 4.78 is 9.77. The number of aliphatic hydroxyl groups is 2. The minimum atomic E-state index is -0.699. The summed E-state index contributed by atoms with van der Waals surface area (Å²) in [5.41, 5.74) is 2.06. The van der Waals surface area contributed by atoms with Crippen LogP contribution < -0.4 is 0 Å². The molecule has 4 atom stereocenters. The third-order valence-electron chi connectivity index (χ3n) is 5.51. The smallest absolute Gasteiger partial charge is 0.305 e. The molecule has 7 heteroatoms. The minimum absolute atomic E-state index is 0.0825. The van der Waals surface area contributed by atoms with Gasteiger partial charge in [0.1, 0.15) is 5.78 Å². The number of rotatable bonds is 13. The van der Waals surface area contributed by atoms with E-state index in [1.54, 1.807) is 24.9 Å². The molecule has 2 rings (SSSR count). The Morgan fingerprint density at radius 1 is 1.29 bits per heavy atom. The Bertz CT molecular complexity index is 735. The van der Waals surface area contributed by atoms with Crippen LogP contribution >= 0.6 is 11.8 Å². The summed E-state index contributed by atoms with van der Waals surface area (Å²) in [4.78, 5) is 23.5. The van der Waals surface area contributed by atoms with Gasteiger partial charge in [-0.1, -0.05) is 36.4 Å². The second-order valence-electron chi connectivity index (χ2n) is 7.91. The van der Waals surface area contributed by atoms with E-state index in [1.165, 1.54) is 7.11 Å². The predicted octanol–water partition coefficient (Wildman–Crippen LogP) is 2.94. The summed E-state index contributed by atoms with van der Waals surface area (Å²) in [6, 6.07) is 7.89. The number of methoxy groups -OCH3 is 2. The molecule has 0 radical (unpaired) electrons. The lowest BCUT2D eigenvalue weighted by Crippen LogP contribution is -2.20. The first kappa shape index (κ1) is 25.6. The third-order valence-corrected chi connectivity index (χ3v) is 6.61. The molecule has 0 spiro atoms. The molecule has 1 aliphatic rings. The van der Waals surface area contributed by atoms with E-state index in [4.69, 9.17) is 4.74 Å². The van der Waals surface area contributed by atoms with E-state index in [1.807, 2.05) is 30.3 Å². The van der Waals surface area contributed by atoms with Gasteiger partial charge >= 0.3 is 5.97 Å². The number of Topliss-reactive ketones (excluding diaryl/α,β-unsaturated/α-hetero) is 1. The molecule has 0 aliphatic heterocycles. The largest absolute Gasteiger partial charge is 0.469 e. The number of esters is 1. The number of carbonyl (C=O) groups excluding carboxylic acids is 2. The second-order valence-corrected chi connectivity index (χ2v) is 9.14. The molecule has 1 saturated carbocycles. The number of hydrogen-bond acceptors (Lipinski definition) is 7. The number of thioether (sulfide) groups is 1. The van der Waals surface area contributed by atoms with E-state index in [-0.39, 0.29) is 30.0 Å². The summed E-state index contributed by atoms with van der Waals surface area (Å²) in [5, 5.41) is 20.8. The van der Waals surface area contributed by atoms with E-state index in [9.17, 15) is 19.8 Å². The van der Waals surface area contributed by atoms with Gasteiger partial charge in [0.25, 0.3) is 0 Å². The normalized spacial score (nSPS) is 22.2. The Kier molecular flexibility index (Phi) is 11.3. The van der Waals surface area contributed by atoms with Crippen LogP contribution in [0.4, 0.5) is 0 Å². The molecule has 0 heterocycles. The molecular weight excluding hydrogens is 416 g/mol. The highest BCUT2D eigenvalue weighted by Crippen LogP contribution is 2.34. The zero-order valence-corrected chi connectivity index (χ0v) is 19.2. The molecule has 6 nitrogen and oxygen atoms in total. The summed E-state index contributed by atoms with van der Waals surface area (Å²) in [6.45, 7) is 0.526. The maximum absolute atomic E-state index is 12.3. The summed E-state index contributed by atoms with van der Waals surface area (Å²) in [5.74, 6) is 1.01. The van der Waals surface area contributed by atoms with E-state index in [0.29, 0.717) is 25.9 Å². The zero-order chi connectivity index (χ0) is 22.6. The number of ether oxygens (including phenoxy) is 2. The fourth-order valence-corrected chi connectivity index (χ4v) is 4.88. The molecule has 0 aromatic heterocycles. The van der Waals surface area contributed by atoms with Crippen molar-refractivity contribution in [3.8, 4) is 0 Å². The monoisotopic (exact) mass is 450 g/mol. The standard InChI is InChI=1S/C24H34O6S/c1-29-16-18-6-3-5-17(13-18)14-19(25)8-9-20-21(23(27)15-22(20)26)10-12-31-11-4-7-24(28)30-2/h3,5-6,8-9,13,19-22,25-26H,4,7,10-12,14-16H2,1-2H3/b9-8+/t19?,20-,21-,22-/m1/s1. The van der Waals surface area contributed by atoms with Crippen LogP contribution in [0, 0.1) is 11.8 Å². The van der Waals surface area contributed by atoms with Crippen LogP contribution in [0.5, 0.6) is 0 Å². The van der Waals surface area contributed by atoms with Gasteiger partial charge in [-0.15, -0.1) is 0 Å². The SMILES string of the molecule is COCc1cccc(CC(O)/C=C/[C@H]2[C@H](O)CC(=O)[C@@H]2CCSCCCC(=O)OC)c1. The summed E-state index contributed by atoms with van der Waals surface area (Å²) >= 11 is 1.70. The number of carbonyl (C=O) groups is 2. The van der Waals surface area contributed by atoms with Crippen molar-refractivity contribution < 1.29 is 29.3 Å².